The molecule has 21 heavy (non-hydrogen) atoms. The zero-order valence-electron chi connectivity index (χ0n) is 13.1. The van der Waals surface area contributed by atoms with E-state index in [0.717, 1.165) is 57.7 Å². The number of amides is 1. The lowest BCUT2D eigenvalue weighted by Gasteiger charge is -2.29. The Bertz CT molecular complexity index is 459. The van der Waals surface area contributed by atoms with Gasteiger partial charge in [-0.2, -0.15) is 5.10 Å². The van der Waals surface area contributed by atoms with Crippen molar-refractivity contribution in [1.29, 1.82) is 0 Å². The van der Waals surface area contributed by atoms with Crippen molar-refractivity contribution in [3.63, 3.8) is 0 Å². The van der Waals surface area contributed by atoms with Crippen molar-refractivity contribution in [3.8, 4) is 0 Å². The maximum atomic E-state index is 12.5. The summed E-state index contributed by atoms with van der Waals surface area (Å²) in [6, 6.07) is 0.542. The first-order chi connectivity index (χ1) is 10.2. The van der Waals surface area contributed by atoms with Crippen LogP contribution < -0.4 is 5.73 Å². The first-order valence-corrected chi connectivity index (χ1v) is 7.90. The molecule has 6 heteroatoms. The quantitative estimate of drug-likeness (QED) is 0.849. The molecule has 2 heterocycles. The average molecular weight is 293 g/mol. The Labute approximate surface area is 126 Å². The van der Waals surface area contributed by atoms with Crippen LogP contribution in [0.1, 0.15) is 42.2 Å². The van der Waals surface area contributed by atoms with Crippen LogP contribution in [0, 0.1) is 6.92 Å². The second-order valence-corrected chi connectivity index (χ2v) is 5.73. The highest BCUT2D eigenvalue weighted by Gasteiger charge is 2.24. The molecule has 1 aromatic heterocycles. The van der Waals surface area contributed by atoms with E-state index in [-0.39, 0.29) is 5.91 Å². The minimum atomic E-state index is 0.0926. The van der Waals surface area contributed by atoms with E-state index in [0.29, 0.717) is 11.6 Å². The molecule has 6 nitrogen and oxygen atoms in total. The SMILES string of the molecule is CCC(CCN)N1CCCN(C(=O)c2cn[nH]c2C)CC1. The number of carbonyl (C=O) groups is 1. The zero-order chi connectivity index (χ0) is 15.2. The number of carbonyl (C=O) groups excluding carboxylic acids is 1. The third-order valence-electron chi connectivity index (χ3n) is 4.37. The second-order valence-electron chi connectivity index (χ2n) is 5.73. The summed E-state index contributed by atoms with van der Waals surface area (Å²) in [6.45, 7) is 8.41. The summed E-state index contributed by atoms with van der Waals surface area (Å²) in [4.78, 5) is 17.0. The van der Waals surface area contributed by atoms with Gasteiger partial charge in [-0.1, -0.05) is 6.92 Å². The van der Waals surface area contributed by atoms with Crippen LogP contribution in [0.2, 0.25) is 0 Å². The Morgan fingerprint density at radius 1 is 1.43 bits per heavy atom. The molecule has 0 aromatic carbocycles. The number of nitrogens with one attached hydrogen (secondary N) is 1. The van der Waals surface area contributed by atoms with Gasteiger partial charge < -0.3 is 10.6 Å². The molecule has 118 valence electrons. The molecule has 1 fully saturated rings. The summed E-state index contributed by atoms with van der Waals surface area (Å²) in [5.41, 5.74) is 7.24. The van der Waals surface area contributed by atoms with Gasteiger partial charge >= 0.3 is 0 Å². The van der Waals surface area contributed by atoms with Crippen LogP contribution in [0.4, 0.5) is 0 Å². The molecule has 0 saturated carbocycles. The second kappa shape index (κ2) is 7.56. The number of hydrogen-bond donors (Lipinski definition) is 2. The molecule has 0 aliphatic carbocycles. The molecular formula is C15H27N5O. The van der Waals surface area contributed by atoms with Crippen LogP contribution in [0.5, 0.6) is 0 Å². The van der Waals surface area contributed by atoms with Gasteiger partial charge in [-0.15, -0.1) is 0 Å². The van der Waals surface area contributed by atoms with Crippen LogP contribution >= 0.6 is 0 Å². The fourth-order valence-corrected chi connectivity index (χ4v) is 3.08. The molecule has 0 spiro atoms. The van der Waals surface area contributed by atoms with Crippen molar-refractivity contribution >= 4 is 5.91 Å². The summed E-state index contributed by atoms with van der Waals surface area (Å²) in [7, 11) is 0. The molecule has 0 bridgehead atoms. The van der Waals surface area contributed by atoms with Gasteiger partial charge in [0.05, 0.1) is 11.8 Å². The van der Waals surface area contributed by atoms with E-state index in [2.05, 4.69) is 22.0 Å². The van der Waals surface area contributed by atoms with Crippen LogP contribution in [-0.2, 0) is 0 Å². The number of aromatic amines is 1. The molecular weight excluding hydrogens is 266 g/mol. The summed E-state index contributed by atoms with van der Waals surface area (Å²) < 4.78 is 0. The highest BCUT2D eigenvalue weighted by atomic mass is 16.2. The maximum absolute atomic E-state index is 12.5. The van der Waals surface area contributed by atoms with E-state index in [1.54, 1.807) is 6.20 Å². The minimum absolute atomic E-state index is 0.0926. The predicted molar refractivity (Wildman–Crippen MR) is 83.2 cm³/mol. The fraction of sp³-hybridized carbons (Fsp3) is 0.733. The number of aryl methyl sites for hydroxylation is 1. The molecule has 1 saturated heterocycles. The van der Waals surface area contributed by atoms with Gasteiger partial charge in [-0.25, -0.2) is 0 Å². The van der Waals surface area contributed by atoms with Gasteiger partial charge in [0.2, 0.25) is 0 Å². The number of nitrogens with zero attached hydrogens (tertiary/aromatic N) is 3. The predicted octanol–water partition coefficient (Wildman–Crippen LogP) is 0.993. The van der Waals surface area contributed by atoms with E-state index >= 15 is 0 Å². The number of nitrogens with two attached hydrogens (primary N) is 1. The smallest absolute Gasteiger partial charge is 0.257 e. The van der Waals surface area contributed by atoms with E-state index < -0.39 is 0 Å². The van der Waals surface area contributed by atoms with Crippen LogP contribution in [0.25, 0.3) is 0 Å². The Balaban J connectivity index is 1.97. The van der Waals surface area contributed by atoms with Gasteiger partial charge in [0.1, 0.15) is 0 Å². The van der Waals surface area contributed by atoms with Crippen molar-refractivity contribution in [2.24, 2.45) is 5.73 Å². The van der Waals surface area contributed by atoms with Gasteiger partial charge in [-0.3, -0.25) is 14.8 Å². The summed E-state index contributed by atoms with van der Waals surface area (Å²) in [6.07, 6.45) is 4.80. The van der Waals surface area contributed by atoms with Crippen molar-refractivity contribution in [2.75, 3.05) is 32.7 Å². The van der Waals surface area contributed by atoms with Gasteiger partial charge in [0.25, 0.3) is 5.91 Å². The van der Waals surface area contributed by atoms with E-state index in [4.69, 9.17) is 5.73 Å². The standard InChI is InChI=1S/C15H27N5O/c1-3-13(5-6-16)19-7-4-8-20(10-9-19)15(21)14-11-17-18-12(14)2/h11,13H,3-10,16H2,1-2H3,(H,17,18). The molecule has 1 aliphatic heterocycles. The Morgan fingerprint density at radius 3 is 2.86 bits per heavy atom. The van der Waals surface area contributed by atoms with Gasteiger partial charge in [-0.05, 0) is 32.7 Å². The first kappa shape index (κ1) is 16.0. The zero-order valence-corrected chi connectivity index (χ0v) is 13.1. The van der Waals surface area contributed by atoms with E-state index in [1.807, 2.05) is 11.8 Å². The summed E-state index contributed by atoms with van der Waals surface area (Å²) in [5.74, 6) is 0.0926. The lowest BCUT2D eigenvalue weighted by Crippen LogP contribution is -2.40. The van der Waals surface area contributed by atoms with Gasteiger partial charge in [0, 0.05) is 37.9 Å². The monoisotopic (exact) mass is 293 g/mol. The molecule has 1 unspecified atom stereocenters. The Morgan fingerprint density at radius 2 is 2.24 bits per heavy atom. The third-order valence-corrected chi connectivity index (χ3v) is 4.37. The molecule has 1 atom stereocenters. The number of hydrogen-bond acceptors (Lipinski definition) is 4. The highest BCUT2D eigenvalue weighted by molar-refractivity contribution is 5.95. The van der Waals surface area contributed by atoms with E-state index in [1.165, 1.54) is 0 Å². The fourth-order valence-electron chi connectivity index (χ4n) is 3.08. The third kappa shape index (κ3) is 3.83. The molecule has 1 aliphatic rings. The first-order valence-electron chi connectivity index (χ1n) is 7.90. The average Bonchev–Trinajstić information content (AvgIpc) is 2.76. The van der Waals surface area contributed by atoms with Crippen molar-refractivity contribution in [3.05, 3.63) is 17.5 Å². The summed E-state index contributed by atoms with van der Waals surface area (Å²) in [5, 5.41) is 6.78. The number of H-pyrrole nitrogens is 1. The van der Waals surface area contributed by atoms with Crippen molar-refractivity contribution in [2.45, 2.75) is 39.2 Å². The lowest BCUT2D eigenvalue weighted by molar-refractivity contribution is 0.0756. The number of aromatic nitrogens is 2. The topological polar surface area (TPSA) is 78.2 Å². The number of rotatable bonds is 5. The minimum Gasteiger partial charge on any atom is -0.337 e. The van der Waals surface area contributed by atoms with Gasteiger partial charge in [0.15, 0.2) is 0 Å². The largest absolute Gasteiger partial charge is 0.337 e. The molecule has 1 aromatic rings. The normalized spacial score (nSPS) is 18.5. The molecule has 3 N–H and O–H groups in total. The molecule has 0 radical (unpaired) electrons. The Kier molecular flexibility index (Phi) is 5.76. The summed E-state index contributed by atoms with van der Waals surface area (Å²) >= 11 is 0. The Hall–Kier alpha value is -1.40. The highest BCUT2D eigenvalue weighted by Crippen LogP contribution is 2.15. The molecule has 1 amide bonds. The molecule has 2 rings (SSSR count). The van der Waals surface area contributed by atoms with Crippen molar-refractivity contribution < 1.29 is 4.79 Å². The lowest BCUT2D eigenvalue weighted by atomic mass is 10.1. The van der Waals surface area contributed by atoms with Crippen molar-refractivity contribution in [1.82, 2.24) is 20.0 Å². The maximum Gasteiger partial charge on any atom is 0.257 e. The van der Waals surface area contributed by atoms with Crippen LogP contribution in [-0.4, -0.2) is 64.7 Å². The van der Waals surface area contributed by atoms with Crippen LogP contribution in [0.15, 0.2) is 6.20 Å². The van der Waals surface area contributed by atoms with E-state index in [9.17, 15) is 4.79 Å². The van der Waals surface area contributed by atoms with Crippen LogP contribution in [0.3, 0.4) is 0 Å².